The van der Waals surface area contributed by atoms with Crippen LogP contribution in [0.15, 0.2) is 42.6 Å². The molecule has 1 aliphatic heterocycles. The van der Waals surface area contributed by atoms with E-state index in [1.807, 2.05) is 0 Å². The lowest BCUT2D eigenvalue weighted by atomic mass is 10.1. The van der Waals surface area contributed by atoms with E-state index in [-0.39, 0.29) is 11.8 Å². The number of benzene rings is 1. The molecule has 0 aliphatic carbocycles. The summed E-state index contributed by atoms with van der Waals surface area (Å²) in [5, 5.41) is 2.81. The average Bonchev–Trinajstić information content (AvgIpc) is 2.68. The molecular formula is C19H21N3O3. The summed E-state index contributed by atoms with van der Waals surface area (Å²) in [6, 6.07) is 10.3. The zero-order valence-electron chi connectivity index (χ0n) is 14.2. The smallest absolute Gasteiger partial charge is 0.272 e. The molecule has 130 valence electrons. The third-order valence-electron chi connectivity index (χ3n) is 4.21. The van der Waals surface area contributed by atoms with Gasteiger partial charge < -0.3 is 15.0 Å². The molecule has 1 saturated heterocycles. The Kier molecular flexibility index (Phi) is 5.28. The molecule has 1 aliphatic rings. The van der Waals surface area contributed by atoms with Crippen LogP contribution in [-0.4, -0.2) is 41.9 Å². The molecule has 3 rings (SSSR count). The molecule has 1 aromatic heterocycles. The Morgan fingerprint density at radius 1 is 1.12 bits per heavy atom. The van der Waals surface area contributed by atoms with Crippen molar-refractivity contribution in [2.24, 2.45) is 0 Å². The number of amides is 2. The summed E-state index contributed by atoms with van der Waals surface area (Å²) in [4.78, 5) is 30.9. The normalized spacial score (nSPS) is 14.0. The molecule has 1 fully saturated rings. The minimum Gasteiger partial charge on any atom is -0.497 e. The maximum absolute atomic E-state index is 12.5. The van der Waals surface area contributed by atoms with Gasteiger partial charge in [-0.05, 0) is 43.5 Å². The monoisotopic (exact) mass is 339 g/mol. The maximum atomic E-state index is 12.5. The number of hydrogen-bond acceptors (Lipinski definition) is 4. The summed E-state index contributed by atoms with van der Waals surface area (Å²) >= 11 is 0. The first-order valence-electron chi connectivity index (χ1n) is 8.38. The number of rotatable bonds is 4. The van der Waals surface area contributed by atoms with Crippen LogP contribution in [0.25, 0.3) is 0 Å². The van der Waals surface area contributed by atoms with E-state index in [2.05, 4.69) is 10.3 Å². The van der Waals surface area contributed by atoms with Gasteiger partial charge in [-0.3, -0.25) is 14.6 Å². The third-order valence-corrected chi connectivity index (χ3v) is 4.21. The Morgan fingerprint density at radius 3 is 2.68 bits per heavy atom. The molecule has 25 heavy (non-hydrogen) atoms. The quantitative estimate of drug-likeness (QED) is 0.929. The van der Waals surface area contributed by atoms with Crippen molar-refractivity contribution in [3.8, 4) is 5.75 Å². The van der Waals surface area contributed by atoms with Gasteiger partial charge in [0, 0.05) is 36.6 Å². The fraction of sp³-hybridized carbons (Fsp3) is 0.316. The van der Waals surface area contributed by atoms with E-state index in [0.29, 0.717) is 22.7 Å². The predicted octanol–water partition coefficient (Wildman–Crippen LogP) is 2.97. The number of pyridine rings is 1. The SMILES string of the molecule is COc1cccc(NC(=O)c2ccnc(C(=O)N3CCCCC3)c2)c1. The summed E-state index contributed by atoms with van der Waals surface area (Å²) in [5.41, 5.74) is 1.34. The minimum atomic E-state index is -0.289. The van der Waals surface area contributed by atoms with E-state index in [1.165, 1.54) is 6.20 Å². The van der Waals surface area contributed by atoms with Gasteiger partial charge in [-0.2, -0.15) is 0 Å². The molecule has 6 heteroatoms. The largest absolute Gasteiger partial charge is 0.497 e. The first-order chi connectivity index (χ1) is 12.2. The van der Waals surface area contributed by atoms with Crippen LogP contribution < -0.4 is 10.1 Å². The lowest BCUT2D eigenvalue weighted by Crippen LogP contribution is -2.36. The molecular weight excluding hydrogens is 318 g/mol. The van der Waals surface area contributed by atoms with Gasteiger partial charge in [-0.1, -0.05) is 6.07 Å². The zero-order valence-corrected chi connectivity index (χ0v) is 14.2. The molecule has 0 saturated carbocycles. The number of piperidine rings is 1. The summed E-state index contributed by atoms with van der Waals surface area (Å²) in [7, 11) is 1.57. The summed E-state index contributed by atoms with van der Waals surface area (Å²) in [6.07, 6.45) is 4.68. The number of nitrogens with zero attached hydrogens (tertiary/aromatic N) is 2. The molecule has 6 nitrogen and oxygen atoms in total. The van der Waals surface area contributed by atoms with E-state index in [4.69, 9.17) is 4.74 Å². The molecule has 2 aromatic rings. The number of nitrogens with one attached hydrogen (secondary N) is 1. The fourth-order valence-electron chi connectivity index (χ4n) is 2.85. The molecule has 2 amide bonds. The average molecular weight is 339 g/mol. The Labute approximate surface area is 146 Å². The second-order valence-corrected chi connectivity index (χ2v) is 5.97. The second kappa shape index (κ2) is 7.79. The maximum Gasteiger partial charge on any atom is 0.272 e. The zero-order chi connectivity index (χ0) is 17.6. The highest BCUT2D eigenvalue weighted by Crippen LogP contribution is 2.18. The molecule has 2 heterocycles. The highest BCUT2D eigenvalue weighted by Gasteiger charge is 2.20. The van der Waals surface area contributed by atoms with Crippen LogP contribution in [-0.2, 0) is 0 Å². The van der Waals surface area contributed by atoms with Crippen molar-refractivity contribution in [3.63, 3.8) is 0 Å². The van der Waals surface area contributed by atoms with Crippen molar-refractivity contribution in [3.05, 3.63) is 53.9 Å². The molecule has 0 radical (unpaired) electrons. The van der Waals surface area contributed by atoms with E-state index in [9.17, 15) is 9.59 Å². The molecule has 0 bridgehead atoms. The Balaban J connectivity index is 1.73. The van der Waals surface area contributed by atoms with Crippen LogP contribution in [0.4, 0.5) is 5.69 Å². The number of aromatic nitrogens is 1. The second-order valence-electron chi connectivity index (χ2n) is 5.97. The lowest BCUT2D eigenvalue weighted by molar-refractivity contribution is 0.0718. The Hall–Kier alpha value is -2.89. The van der Waals surface area contributed by atoms with E-state index < -0.39 is 0 Å². The summed E-state index contributed by atoms with van der Waals surface area (Å²) in [5.74, 6) is 0.257. The van der Waals surface area contributed by atoms with Crippen molar-refractivity contribution < 1.29 is 14.3 Å². The number of carbonyl (C=O) groups is 2. The number of ether oxygens (including phenoxy) is 1. The Bertz CT molecular complexity index is 770. The highest BCUT2D eigenvalue weighted by molar-refractivity contribution is 6.05. The standard InChI is InChI=1S/C19H21N3O3/c1-25-16-7-5-6-15(13-16)21-18(23)14-8-9-20-17(12-14)19(24)22-10-3-2-4-11-22/h5-9,12-13H,2-4,10-11H2,1H3,(H,21,23). The number of likely N-dealkylation sites (tertiary alicyclic amines) is 1. The lowest BCUT2D eigenvalue weighted by Gasteiger charge is -2.26. The third kappa shape index (κ3) is 4.15. The van der Waals surface area contributed by atoms with Crippen molar-refractivity contribution in [2.45, 2.75) is 19.3 Å². The van der Waals surface area contributed by atoms with Gasteiger partial charge in [0.25, 0.3) is 11.8 Å². The Morgan fingerprint density at radius 2 is 1.92 bits per heavy atom. The van der Waals surface area contributed by atoms with Gasteiger partial charge in [0.05, 0.1) is 7.11 Å². The van der Waals surface area contributed by atoms with Crippen molar-refractivity contribution >= 4 is 17.5 Å². The van der Waals surface area contributed by atoms with Gasteiger partial charge >= 0.3 is 0 Å². The van der Waals surface area contributed by atoms with Crippen LogP contribution in [0.1, 0.15) is 40.1 Å². The van der Waals surface area contributed by atoms with Crippen LogP contribution in [0.5, 0.6) is 5.75 Å². The minimum absolute atomic E-state index is 0.115. The van der Waals surface area contributed by atoms with Gasteiger partial charge in [-0.25, -0.2) is 0 Å². The van der Waals surface area contributed by atoms with E-state index >= 15 is 0 Å². The molecule has 1 aromatic carbocycles. The highest BCUT2D eigenvalue weighted by atomic mass is 16.5. The van der Waals surface area contributed by atoms with Crippen LogP contribution in [0.2, 0.25) is 0 Å². The molecule has 0 atom stereocenters. The molecule has 0 spiro atoms. The number of hydrogen-bond donors (Lipinski definition) is 1. The molecule has 0 unspecified atom stereocenters. The first-order valence-corrected chi connectivity index (χ1v) is 8.38. The number of carbonyl (C=O) groups excluding carboxylic acids is 2. The van der Waals surface area contributed by atoms with Gasteiger partial charge in [0.1, 0.15) is 11.4 Å². The number of anilines is 1. The topological polar surface area (TPSA) is 71.5 Å². The van der Waals surface area contributed by atoms with Crippen LogP contribution >= 0.6 is 0 Å². The van der Waals surface area contributed by atoms with Gasteiger partial charge in [0.2, 0.25) is 0 Å². The van der Waals surface area contributed by atoms with Crippen molar-refractivity contribution in [1.29, 1.82) is 0 Å². The van der Waals surface area contributed by atoms with Crippen molar-refractivity contribution in [1.82, 2.24) is 9.88 Å². The molecule has 1 N–H and O–H groups in total. The van der Waals surface area contributed by atoms with Crippen LogP contribution in [0.3, 0.4) is 0 Å². The van der Waals surface area contributed by atoms with E-state index in [1.54, 1.807) is 48.4 Å². The predicted molar refractivity (Wildman–Crippen MR) is 94.9 cm³/mol. The number of methoxy groups -OCH3 is 1. The summed E-state index contributed by atoms with van der Waals surface area (Å²) in [6.45, 7) is 1.50. The first kappa shape index (κ1) is 17.0. The summed E-state index contributed by atoms with van der Waals surface area (Å²) < 4.78 is 5.15. The van der Waals surface area contributed by atoms with E-state index in [0.717, 1.165) is 32.4 Å². The van der Waals surface area contributed by atoms with Gasteiger partial charge in [-0.15, -0.1) is 0 Å². The fourth-order valence-corrected chi connectivity index (χ4v) is 2.85. The van der Waals surface area contributed by atoms with Gasteiger partial charge in [0.15, 0.2) is 0 Å². The van der Waals surface area contributed by atoms with Crippen LogP contribution in [0, 0.1) is 0 Å². The van der Waals surface area contributed by atoms with Crippen molar-refractivity contribution in [2.75, 3.05) is 25.5 Å².